The maximum Gasteiger partial charge on any atom is 0.234 e. The molecule has 1 aliphatic heterocycles. The molecule has 3 aromatic rings. The molecule has 0 spiro atoms. The van der Waals surface area contributed by atoms with Crippen molar-refractivity contribution < 1.29 is 14.3 Å². The summed E-state index contributed by atoms with van der Waals surface area (Å²) in [5, 5.41) is 0.644. The van der Waals surface area contributed by atoms with Crippen LogP contribution in [0.4, 0.5) is 10.8 Å². The summed E-state index contributed by atoms with van der Waals surface area (Å²) in [6, 6.07) is 13.4. The smallest absolute Gasteiger partial charge is 0.234 e. The quantitative estimate of drug-likeness (QED) is 0.503. The van der Waals surface area contributed by atoms with Gasteiger partial charge < -0.3 is 14.5 Å². The lowest BCUT2D eigenvalue weighted by molar-refractivity contribution is -0.124. The average molecular weight is 489 g/mol. The van der Waals surface area contributed by atoms with Crippen LogP contribution in [-0.4, -0.2) is 62.5 Å². The second-order valence-corrected chi connectivity index (χ2v) is 9.27. The van der Waals surface area contributed by atoms with Gasteiger partial charge in [0.1, 0.15) is 11.3 Å². The lowest BCUT2D eigenvalue weighted by Gasteiger charge is -2.24. The van der Waals surface area contributed by atoms with Gasteiger partial charge in [0.05, 0.1) is 17.7 Å². The molecule has 2 aromatic carbocycles. The third-order valence-corrected chi connectivity index (χ3v) is 6.94. The van der Waals surface area contributed by atoms with E-state index in [-0.39, 0.29) is 30.6 Å². The van der Waals surface area contributed by atoms with E-state index >= 15 is 0 Å². The van der Waals surface area contributed by atoms with Gasteiger partial charge in [-0.15, -0.1) is 12.4 Å². The van der Waals surface area contributed by atoms with Gasteiger partial charge in [-0.1, -0.05) is 35.6 Å². The number of methoxy groups -OCH3 is 1. The van der Waals surface area contributed by atoms with E-state index in [1.54, 1.807) is 16.9 Å². The molecule has 2 amide bonds. The number of aryl methyl sites for hydroxylation is 1. The third kappa shape index (κ3) is 5.13. The molecule has 176 valence electrons. The van der Waals surface area contributed by atoms with Crippen LogP contribution < -0.4 is 14.5 Å². The van der Waals surface area contributed by atoms with Crippen LogP contribution >= 0.6 is 23.7 Å². The number of para-hydroxylation sites is 1. The first kappa shape index (κ1) is 25.0. The Morgan fingerprint density at radius 3 is 2.58 bits per heavy atom. The Balaban J connectivity index is 0.00000306. The molecule has 0 aliphatic carbocycles. The monoisotopic (exact) mass is 488 g/mol. The van der Waals surface area contributed by atoms with Gasteiger partial charge in [-0.25, -0.2) is 4.98 Å². The number of rotatable bonds is 7. The van der Waals surface area contributed by atoms with E-state index in [0.717, 1.165) is 21.5 Å². The van der Waals surface area contributed by atoms with Crippen LogP contribution in [0.3, 0.4) is 0 Å². The van der Waals surface area contributed by atoms with Crippen molar-refractivity contribution in [3.8, 4) is 5.75 Å². The van der Waals surface area contributed by atoms with E-state index in [9.17, 15) is 9.59 Å². The van der Waals surface area contributed by atoms with Gasteiger partial charge in [-0.05, 0) is 44.8 Å². The van der Waals surface area contributed by atoms with Gasteiger partial charge in [0.25, 0.3) is 0 Å². The van der Waals surface area contributed by atoms with Gasteiger partial charge in [-0.3, -0.25) is 14.5 Å². The summed E-state index contributed by atoms with van der Waals surface area (Å²) in [5.74, 6) is 0.206. The number of carbonyl (C=O) groups is 2. The number of halogens is 1. The molecular weight excluding hydrogens is 460 g/mol. The van der Waals surface area contributed by atoms with Crippen LogP contribution in [-0.2, 0) is 9.59 Å². The van der Waals surface area contributed by atoms with Crippen LogP contribution in [0, 0.1) is 12.8 Å². The zero-order chi connectivity index (χ0) is 22.8. The number of hydrogen-bond donors (Lipinski definition) is 0. The lowest BCUT2D eigenvalue weighted by Crippen LogP contribution is -2.41. The maximum atomic E-state index is 13.7. The number of likely N-dealkylation sites (N-methyl/N-ethyl adjacent to an activating group) is 1. The first-order chi connectivity index (χ1) is 15.4. The predicted octanol–water partition coefficient (Wildman–Crippen LogP) is 3.98. The molecule has 1 saturated heterocycles. The summed E-state index contributed by atoms with van der Waals surface area (Å²) < 4.78 is 6.50. The number of aromatic nitrogens is 1. The zero-order valence-corrected chi connectivity index (χ0v) is 20.9. The van der Waals surface area contributed by atoms with Gasteiger partial charge >= 0.3 is 0 Å². The number of anilines is 2. The Hall–Kier alpha value is -2.68. The summed E-state index contributed by atoms with van der Waals surface area (Å²) in [5.41, 5.74) is 2.69. The van der Waals surface area contributed by atoms with Gasteiger partial charge in [0, 0.05) is 31.7 Å². The fourth-order valence-electron chi connectivity index (χ4n) is 3.93. The average Bonchev–Trinajstić information content (AvgIpc) is 3.39. The van der Waals surface area contributed by atoms with Crippen molar-refractivity contribution in [1.29, 1.82) is 0 Å². The SMILES string of the molecule is COc1ccc(C)c2sc(N(CCN(C)C)C(=O)C3CC(=O)N(c4ccccc4)C3)nc12.Cl. The first-order valence-electron chi connectivity index (χ1n) is 10.6. The van der Waals surface area contributed by atoms with E-state index in [0.29, 0.717) is 30.5 Å². The zero-order valence-electron chi connectivity index (χ0n) is 19.3. The minimum absolute atomic E-state index is 0. The topological polar surface area (TPSA) is 66.0 Å². The Morgan fingerprint density at radius 1 is 1.18 bits per heavy atom. The number of amides is 2. The molecule has 1 aliphatic rings. The van der Waals surface area contributed by atoms with E-state index in [1.807, 2.05) is 68.4 Å². The van der Waals surface area contributed by atoms with Gasteiger partial charge in [0.2, 0.25) is 11.8 Å². The van der Waals surface area contributed by atoms with E-state index in [2.05, 4.69) is 0 Å². The van der Waals surface area contributed by atoms with Crippen LogP contribution in [0.1, 0.15) is 12.0 Å². The predicted molar refractivity (Wildman–Crippen MR) is 136 cm³/mol. The van der Waals surface area contributed by atoms with Crippen molar-refractivity contribution in [3.05, 3.63) is 48.0 Å². The van der Waals surface area contributed by atoms with Crippen molar-refractivity contribution >= 4 is 56.6 Å². The minimum Gasteiger partial charge on any atom is -0.494 e. The molecule has 0 N–H and O–H groups in total. The first-order valence-corrected chi connectivity index (χ1v) is 11.5. The molecule has 0 bridgehead atoms. The molecule has 2 heterocycles. The number of ether oxygens (including phenoxy) is 1. The minimum atomic E-state index is -0.403. The van der Waals surface area contributed by atoms with Crippen molar-refractivity contribution in [1.82, 2.24) is 9.88 Å². The van der Waals surface area contributed by atoms with Crippen LogP contribution in [0.5, 0.6) is 5.75 Å². The van der Waals surface area contributed by atoms with Crippen molar-refractivity contribution in [2.45, 2.75) is 13.3 Å². The number of carbonyl (C=O) groups excluding carboxylic acids is 2. The second-order valence-electron chi connectivity index (χ2n) is 8.29. The van der Waals surface area contributed by atoms with E-state index in [1.165, 1.54) is 11.3 Å². The molecule has 9 heteroatoms. The number of thiazole rings is 1. The molecule has 1 fully saturated rings. The fraction of sp³-hybridized carbons (Fsp3) is 0.375. The molecule has 1 aromatic heterocycles. The Bertz CT molecular complexity index is 1140. The number of benzene rings is 2. The van der Waals surface area contributed by atoms with Gasteiger partial charge in [0.15, 0.2) is 5.13 Å². The van der Waals surface area contributed by atoms with E-state index in [4.69, 9.17) is 9.72 Å². The standard InChI is InChI=1S/C24H28N4O3S.ClH/c1-16-10-11-19(31-4)21-22(16)32-24(25-21)27(13-12-26(2)3)23(30)17-14-20(29)28(15-17)18-8-6-5-7-9-18;/h5-11,17H,12-15H2,1-4H3;1H. The highest BCUT2D eigenvalue weighted by molar-refractivity contribution is 7.22. The number of hydrogen-bond acceptors (Lipinski definition) is 6. The molecular formula is C24H29ClN4O3S. The summed E-state index contributed by atoms with van der Waals surface area (Å²) >= 11 is 1.50. The van der Waals surface area contributed by atoms with Crippen LogP contribution in [0.25, 0.3) is 10.2 Å². The highest BCUT2D eigenvalue weighted by Gasteiger charge is 2.38. The third-order valence-electron chi connectivity index (χ3n) is 5.72. The molecule has 0 saturated carbocycles. The second kappa shape index (κ2) is 10.5. The van der Waals surface area contributed by atoms with E-state index < -0.39 is 5.92 Å². The Morgan fingerprint density at radius 2 is 1.91 bits per heavy atom. The van der Waals surface area contributed by atoms with Crippen molar-refractivity contribution in [2.75, 3.05) is 50.6 Å². The summed E-state index contributed by atoms with van der Waals surface area (Å²) in [4.78, 5) is 36.6. The Labute approximate surface area is 204 Å². The highest BCUT2D eigenvalue weighted by atomic mass is 35.5. The molecule has 0 radical (unpaired) electrons. The number of fused-ring (bicyclic) bond motifs is 1. The van der Waals surface area contributed by atoms with Crippen LogP contribution in [0.2, 0.25) is 0 Å². The van der Waals surface area contributed by atoms with Crippen LogP contribution in [0.15, 0.2) is 42.5 Å². The van der Waals surface area contributed by atoms with Gasteiger partial charge in [-0.2, -0.15) is 0 Å². The fourth-order valence-corrected chi connectivity index (χ4v) is 5.01. The summed E-state index contributed by atoms with van der Waals surface area (Å²) in [7, 11) is 5.58. The van der Waals surface area contributed by atoms with Crippen molar-refractivity contribution in [3.63, 3.8) is 0 Å². The lowest BCUT2D eigenvalue weighted by atomic mass is 10.1. The molecule has 4 rings (SSSR count). The molecule has 33 heavy (non-hydrogen) atoms. The molecule has 7 nitrogen and oxygen atoms in total. The summed E-state index contributed by atoms with van der Waals surface area (Å²) in [6.07, 6.45) is 0.208. The van der Waals surface area contributed by atoms with Crippen molar-refractivity contribution in [2.24, 2.45) is 5.92 Å². The molecule has 1 atom stereocenters. The Kier molecular flexibility index (Phi) is 7.94. The number of nitrogens with zero attached hydrogens (tertiary/aromatic N) is 4. The largest absolute Gasteiger partial charge is 0.494 e. The molecule has 1 unspecified atom stereocenters. The normalized spacial score (nSPS) is 15.7. The highest BCUT2D eigenvalue weighted by Crippen LogP contribution is 2.37. The summed E-state index contributed by atoms with van der Waals surface area (Å²) in [6.45, 7) is 3.61. The maximum absolute atomic E-state index is 13.7.